The van der Waals surface area contributed by atoms with Gasteiger partial charge in [0.05, 0.1) is 0 Å². The van der Waals surface area contributed by atoms with E-state index in [9.17, 15) is 0 Å². The normalized spacial score (nSPS) is 12.8. The lowest BCUT2D eigenvalue weighted by Gasteiger charge is -2.05. The van der Waals surface area contributed by atoms with E-state index in [1.165, 1.54) is 11.3 Å². The van der Waals surface area contributed by atoms with Gasteiger partial charge in [-0.05, 0) is 18.6 Å². The molecule has 1 atom stereocenters. The summed E-state index contributed by atoms with van der Waals surface area (Å²) in [5.41, 5.74) is 0. The van der Waals surface area contributed by atoms with E-state index in [1.54, 1.807) is 0 Å². The van der Waals surface area contributed by atoms with Crippen LogP contribution in [0, 0.1) is 0 Å². The predicted molar refractivity (Wildman–Crippen MR) is 59.6 cm³/mol. The lowest BCUT2D eigenvalue weighted by Crippen LogP contribution is -1.87. The van der Waals surface area contributed by atoms with Gasteiger partial charge in [-0.2, -0.15) is 0 Å². The van der Waals surface area contributed by atoms with Crippen LogP contribution in [0.2, 0.25) is 0 Å². The van der Waals surface area contributed by atoms with Gasteiger partial charge in [-0.15, -0.1) is 0 Å². The molecule has 66 valence electrons. The van der Waals surface area contributed by atoms with Crippen molar-refractivity contribution in [2.75, 3.05) is 0 Å². The van der Waals surface area contributed by atoms with Crippen molar-refractivity contribution in [1.29, 1.82) is 0 Å². The summed E-state index contributed by atoms with van der Waals surface area (Å²) in [6.45, 7) is 4.49. The molecule has 1 unspecified atom stereocenters. The van der Waals surface area contributed by atoms with Crippen molar-refractivity contribution in [2.24, 2.45) is 0 Å². The van der Waals surface area contributed by atoms with Crippen LogP contribution < -0.4 is 0 Å². The smallest absolute Gasteiger partial charge is 0.0182 e. The van der Waals surface area contributed by atoms with Crippen molar-refractivity contribution in [2.45, 2.75) is 30.4 Å². The highest BCUT2D eigenvalue weighted by Gasteiger charge is 1.99. The van der Waals surface area contributed by atoms with E-state index in [4.69, 9.17) is 0 Å². The minimum Gasteiger partial charge on any atom is -0.0858 e. The van der Waals surface area contributed by atoms with E-state index >= 15 is 0 Å². The predicted octanol–water partition coefficient (Wildman–Crippen LogP) is 4.23. The summed E-state index contributed by atoms with van der Waals surface area (Å²) in [4.78, 5) is 1.35. The second kappa shape index (κ2) is 5.55. The summed E-state index contributed by atoms with van der Waals surface area (Å²) in [5.74, 6) is 0. The molecule has 0 fully saturated rings. The highest BCUT2D eigenvalue weighted by atomic mass is 33.1. The molecule has 0 aromatic heterocycles. The number of hydrogen-bond donors (Lipinski definition) is 0. The van der Waals surface area contributed by atoms with E-state index in [1.807, 2.05) is 21.6 Å². The molecular weight excluding hydrogens is 184 g/mol. The van der Waals surface area contributed by atoms with Gasteiger partial charge in [-0.3, -0.25) is 0 Å². The van der Waals surface area contributed by atoms with Gasteiger partial charge in [0.2, 0.25) is 0 Å². The first-order valence-corrected chi connectivity index (χ1v) is 6.42. The van der Waals surface area contributed by atoms with Crippen LogP contribution in [0.5, 0.6) is 0 Å². The van der Waals surface area contributed by atoms with E-state index < -0.39 is 0 Å². The first kappa shape index (κ1) is 10.0. The van der Waals surface area contributed by atoms with Gasteiger partial charge >= 0.3 is 0 Å². The molecule has 0 aliphatic heterocycles. The van der Waals surface area contributed by atoms with E-state index in [0.29, 0.717) is 0 Å². The molecule has 0 radical (unpaired) electrons. The number of benzene rings is 1. The second-order valence-electron chi connectivity index (χ2n) is 2.71. The highest BCUT2D eigenvalue weighted by molar-refractivity contribution is 8.76. The first-order chi connectivity index (χ1) is 5.83. The third kappa shape index (κ3) is 3.55. The zero-order chi connectivity index (χ0) is 8.81. The highest BCUT2D eigenvalue weighted by Crippen LogP contribution is 2.34. The monoisotopic (exact) mass is 198 g/mol. The molecule has 0 spiro atoms. The van der Waals surface area contributed by atoms with Crippen molar-refractivity contribution in [3.63, 3.8) is 0 Å². The van der Waals surface area contributed by atoms with Gasteiger partial charge < -0.3 is 0 Å². The number of hydrogen-bond acceptors (Lipinski definition) is 2. The van der Waals surface area contributed by atoms with E-state index in [2.05, 4.69) is 44.2 Å². The Morgan fingerprint density at radius 2 is 1.92 bits per heavy atom. The molecule has 0 N–H and O–H groups in total. The van der Waals surface area contributed by atoms with Crippen LogP contribution in [-0.2, 0) is 0 Å². The maximum atomic E-state index is 2.26. The summed E-state index contributed by atoms with van der Waals surface area (Å²) in [6, 6.07) is 10.5. The summed E-state index contributed by atoms with van der Waals surface area (Å²) in [5, 5.41) is 0.746. The number of rotatable bonds is 4. The summed E-state index contributed by atoms with van der Waals surface area (Å²) >= 11 is 0. The zero-order valence-electron chi connectivity index (χ0n) is 7.49. The quantitative estimate of drug-likeness (QED) is 0.664. The average Bonchev–Trinajstić information content (AvgIpc) is 2.16. The molecule has 1 aromatic carbocycles. The minimum absolute atomic E-state index is 0.746. The Morgan fingerprint density at radius 1 is 1.25 bits per heavy atom. The Balaban J connectivity index is 2.33. The molecule has 0 bridgehead atoms. The van der Waals surface area contributed by atoms with Gasteiger partial charge in [-0.25, -0.2) is 0 Å². The van der Waals surface area contributed by atoms with Crippen LogP contribution in [-0.4, -0.2) is 5.25 Å². The van der Waals surface area contributed by atoms with Gasteiger partial charge in [0, 0.05) is 10.1 Å². The SMILES string of the molecule is CCC(C)SSc1ccccc1. The topological polar surface area (TPSA) is 0 Å². The molecule has 0 saturated heterocycles. The molecule has 0 saturated carbocycles. The van der Waals surface area contributed by atoms with E-state index in [-0.39, 0.29) is 0 Å². The van der Waals surface area contributed by atoms with Crippen LogP contribution in [0.4, 0.5) is 0 Å². The molecule has 0 aliphatic carbocycles. The minimum atomic E-state index is 0.746. The molecule has 1 rings (SSSR count). The second-order valence-corrected chi connectivity index (χ2v) is 5.42. The molecule has 0 aliphatic rings. The van der Waals surface area contributed by atoms with Gasteiger partial charge in [0.25, 0.3) is 0 Å². The molecule has 0 nitrogen and oxygen atoms in total. The summed E-state index contributed by atoms with van der Waals surface area (Å²) in [6.07, 6.45) is 1.24. The van der Waals surface area contributed by atoms with Crippen LogP contribution in [0.3, 0.4) is 0 Å². The van der Waals surface area contributed by atoms with Crippen molar-refractivity contribution in [3.8, 4) is 0 Å². The van der Waals surface area contributed by atoms with Gasteiger partial charge in [-0.1, -0.05) is 53.6 Å². The fourth-order valence-electron chi connectivity index (χ4n) is 0.682. The van der Waals surface area contributed by atoms with E-state index in [0.717, 1.165) is 5.25 Å². The largest absolute Gasteiger partial charge is 0.0858 e. The van der Waals surface area contributed by atoms with Crippen molar-refractivity contribution >= 4 is 21.6 Å². The van der Waals surface area contributed by atoms with Crippen molar-refractivity contribution in [1.82, 2.24) is 0 Å². The fraction of sp³-hybridized carbons (Fsp3) is 0.400. The molecule has 0 heterocycles. The Kier molecular flexibility index (Phi) is 4.62. The summed E-state index contributed by atoms with van der Waals surface area (Å²) < 4.78 is 0. The Bertz CT molecular complexity index is 208. The van der Waals surface area contributed by atoms with Crippen molar-refractivity contribution < 1.29 is 0 Å². The molecule has 12 heavy (non-hydrogen) atoms. The van der Waals surface area contributed by atoms with Crippen LogP contribution in [0.25, 0.3) is 0 Å². The van der Waals surface area contributed by atoms with Crippen LogP contribution in [0.15, 0.2) is 35.2 Å². The Morgan fingerprint density at radius 3 is 2.50 bits per heavy atom. The zero-order valence-corrected chi connectivity index (χ0v) is 9.12. The maximum Gasteiger partial charge on any atom is 0.0182 e. The molecule has 2 heteroatoms. The fourth-order valence-corrected chi connectivity index (χ4v) is 2.93. The van der Waals surface area contributed by atoms with Crippen LogP contribution >= 0.6 is 21.6 Å². The third-order valence-electron chi connectivity index (χ3n) is 1.63. The maximum absolute atomic E-state index is 2.26. The Labute approximate surface area is 82.5 Å². The first-order valence-electron chi connectivity index (χ1n) is 4.21. The lowest BCUT2D eigenvalue weighted by atomic mass is 10.4. The molecule has 0 amide bonds. The standard InChI is InChI=1S/C10H14S2/c1-3-9(2)11-12-10-7-5-4-6-8-10/h4-9H,3H2,1-2H3. The Hall–Kier alpha value is -0.0800. The molecule has 1 aromatic rings. The average molecular weight is 198 g/mol. The van der Waals surface area contributed by atoms with Gasteiger partial charge in [0.15, 0.2) is 0 Å². The van der Waals surface area contributed by atoms with Crippen LogP contribution in [0.1, 0.15) is 20.3 Å². The third-order valence-corrected chi connectivity index (χ3v) is 4.70. The molecular formula is C10H14S2. The summed E-state index contributed by atoms with van der Waals surface area (Å²) in [7, 11) is 3.82. The van der Waals surface area contributed by atoms with Crippen molar-refractivity contribution in [3.05, 3.63) is 30.3 Å². The lowest BCUT2D eigenvalue weighted by molar-refractivity contribution is 0.912. The van der Waals surface area contributed by atoms with Gasteiger partial charge in [0.1, 0.15) is 0 Å².